The number of carbonyl (C=O) groups is 2. The SMILES string of the molecule is CCN1C(=O)CCc2cc(NC(=O)c3cccc(OC)c3)ccc21. The summed E-state index contributed by atoms with van der Waals surface area (Å²) in [6.07, 6.45) is 1.21. The van der Waals surface area contributed by atoms with Gasteiger partial charge in [0.15, 0.2) is 0 Å². The van der Waals surface area contributed by atoms with Gasteiger partial charge in [-0.3, -0.25) is 9.59 Å². The number of carbonyl (C=O) groups excluding carboxylic acids is 2. The largest absolute Gasteiger partial charge is 0.497 e. The lowest BCUT2D eigenvalue weighted by Crippen LogP contribution is -2.34. The van der Waals surface area contributed by atoms with Crippen LogP contribution in [-0.4, -0.2) is 25.5 Å². The molecule has 124 valence electrons. The first-order valence-corrected chi connectivity index (χ1v) is 8.01. The van der Waals surface area contributed by atoms with Crippen molar-refractivity contribution in [2.24, 2.45) is 0 Å². The fraction of sp³-hybridized carbons (Fsp3) is 0.263. The predicted octanol–water partition coefficient (Wildman–Crippen LogP) is 3.25. The van der Waals surface area contributed by atoms with E-state index in [2.05, 4.69) is 5.32 Å². The zero-order valence-electron chi connectivity index (χ0n) is 13.8. The molecule has 0 aromatic heterocycles. The number of nitrogens with zero attached hydrogens (tertiary/aromatic N) is 1. The van der Waals surface area contributed by atoms with Crippen molar-refractivity contribution >= 4 is 23.2 Å². The van der Waals surface area contributed by atoms with Crippen LogP contribution in [0.25, 0.3) is 0 Å². The molecular formula is C19H20N2O3. The van der Waals surface area contributed by atoms with Crippen molar-refractivity contribution in [1.82, 2.24) is 0 Å². The normalized spacial score (nSPS) is 13.4. The van der Waals surface area contributed by atoms with Crippen LogP contribution >= 0.6 is 0 Å². The summed E-state index contributed by atoms with van der Waals surface area (Å²) in [5, 5.41) is 2.91. The highest BCUT2D eigenvalue weighted by Gasteiger charge is 2.23. The van der Waals surface area contributed by atoms with Crippen LogP contribution in [0.4, 0.5) is 11.4 Å². The predicted molar refractivity (Wildman–Crippen MR) is 93.7 cm³/mol. The molecule has 0 aliphatic carbocycles. The van der Waals surface area contributed by atoms with Crippen molar-refractivity contribution in [1.29, 1.82) is 0 Å². The lowest BCUT2D eigenvalue weighted by molar-refractivity contribution is -0.118. The molecule has 0 spiro atoms. The number of nitrogens with one attached hydrogen (secondary N) is 1. The van der Waals surface area contributed by atoms with E-state index in [1.807, 2.05) is 25.1 Å². The van der Waals surface area contributed by atoms with Crippen LogP contribution in [0.15, 0.2) is 42.5 Å². The molecule has 1 aliphatic heterocycles. The van der Waals surface area contributed by atoms with Crippen molar-refractivity contribution in [3.63, 3.8) is 0 Å². The molecule has 2 amide bonds. The summed E-state index contributed by atoms with van der Waals surface area (Å²) < 4.78 is 5.15. The molecule has 2 aromatic carbocycles. The molecule has 0 radical (unpaired) electrons. The second kappa shape index (κ2) is 6.74. The summed E-state index contributed by atoms with van der Waals surface area (Å²) in [7, 11) is 1.57. The van der Waals surface area contributed by atoms with E-state index in [0.29, 0.717) is 30.7 Å². The molecule has 5 nitrogen and oxygen atoms in total. The third kappa shape index (κ3) is 3.11. The fourth-order valence-electron chi connectivity index (χ4n) is 2.95. The molecule has 0 saturated carbocycles. The molecule has 1 N–H and O–H groups in total. The molecule has 0 bridgehead atoms. The molecule has 5 heteroatoms. The van der Waals surface area contributed by atoms with E-state index in [1.54, 1.807) is 36.3 Å². The Bertz CT molecular complexity index is 786. The molecule has 2 aromatic rings. The van der Waals surface area contributed by atoms with E-state index in [9.17, 15) is 9.59 Å². The van der Waals surface area contributed by atoms with Gasteiger partial charge in [-0.15, -0.1) is 0 Å². The number of hydrogen-bond donors (Lipinski definition) is 1. The lowest BCUT2D eigenvalue weighted by atomic mass is 10.0. The second-order valence-electron chi connectivity index (χ2n) is 5.67. The van der Waals surface area contributed by atoms with Crippen LogP contribution in [-0.2, 0) is 11.2 Å². The average molecular weight is 324 g/mol. The quantitative estimate of drug-likeness (QED) is 0.939. The molecule has 1 heterocycles. The highest BCUT2D eigenvalue weighted by Crippen LogP contribution is 2.30. The Hall–Kier alpha value is -2.82. The average Bonchev–Trinajstić information content (AvgIpc) is 2.61. The van der Waals surface area contributed by atoms with E-state index >= 15 is 0 Å². The van der Waals surface area contributed by atoms with Crippen LogP contribution in [0.5, 0.6) is 5.75 Å². The van der Waals surface area contributed by atoms with E-state index in [-0.39, 0.29) is 11.8 Å². The third-order valence-electron chi connectivity index (χ3n) is 4.19. The first-order valence-electron chi connectivity index (χ1n) is 8.01. The zero-order valence-corrected chi connectivity index (χ0v) is 13.8. The van der Waals surface area contributed by atoms with Gasteiger partial charge < -0.3 is 15.0 Å². The highest BCUT2D eigenvalue weighted by atomic mass is 16.5. The minimum absolute atomic E-state index is 0.151. The number of anilines is 2. The molecule has 1 aliphatic rings. The Balaban J connectivity index is 1.81. The highest BCUT2D eigenvalue weighted by molar-refractivity contribution is 6.05. The van der Waals surface area contributed by atoms with Gasteiger partial charge in [-0.2, -0.15) is 0 Å². The van der Waals surface area contributed by atoms with Gasteiger partial charge in [-0.05, 0) is 55.3 Å². The van der Waals surface area contributed by atoms with Gasteiger partial charge in [-0.25, -0.2) is 0 Å². The number of hydrogen-bond acceptors (Lipinski definition) is 3. The number of methoxy groups -OCH3 is 1. The van der Waals surface area contributed by atoms with Crippen molar-refractivity contribution < 1.29 is 14.3 Å². The number of rotatable bonds is 4. The van der Waals surface area contributed by atoms with E-state index < -0.39 is 0 Å². The summed E-state index contributed by atoms with van der Waals surface area (Å²) in [4.78, 5) is 26.1. The molecule has 0 saturated heterocycles. The van der Waals surface area contributed by atoms with Crippen molar-refractivity contribution in [2.45, 2.75) is 19.8 Å². The Morgan fingerprint density at radius 1 is 1.21 bits per heavy atom. The van der Waals surface area contributed by atoms with Crippen LogP contribution in [0.2, 0.25) is 0 Å². The number of ether oxygens (including phenoxy) is 1. The third-order valence-corrected chi connectivity index (χ3v) is 4.19. The number of benzene rings is 2. The summed E-state index contributed by atoms with van der Waals surface area (Å²) in [5.41, 5.74) is 3.29. The smallest absolute Gasteiger partial charge is 0.255 e. The Kier molecular flexibility index (Phi) is 4.51. The van der Waals surface area contributed by atoms with Crippen molar-refractivity contribution in [2.75, 3.05) is 23.9 Å². The van der Waals surface area contributed by atoms with Crippen molar-refractivity contribution in [3.05, 3.63) is 53.6 Å². The summed E-state index contributed by atoms with van der Waals surface area (Å²) >= 11 is 0. The molecule has 0 fully saturated rings. The fourth-order valence-corrected chi connectivity index (χ4v) is 2.95. The van der Waals surface area contributed by atoms with Crippen LogP contribution < -0.4 is 15.0 Å². The first kappa shape index (κ1) is 16.1. The maximum absolute atomic E-state index is 12.4. The molecule has 24 heavy (non-hydrogen) atoms. The standard InChI is InChI=1S/C19H20N2O3/c1-3-21-17-9-8-15(11-13(17)7-10-18(21)22)20-19(23)14-5-4-6-16(12-14)24-2/h4-6,8-9,11-12H,3,7,10H2,1-2H3,(H,20,23). The maximum atomic E-state index is 12.4. The first-order chi connectivity index (χ1) is 11.6. The van der Waals surface area contributed by atoms with Crippen molar-refractivity contribution in [3.8, 4) is 5.75 Å². The van der Waals surface area contributed by atoms with E-state index in [4.69, 9.17) is 4.74 Å². The van der Waals surface area contributed by atoms with Gasteiger partial charge in [-0.1, -0.05) is 6.07 Å². The number of amides is 2. The minimum Gasteiger partial charge on any atom is -0.497 e. The monoisotopic (exact) mass is 324 g/mol. The Morgan fingerprint density at radius 2 is 2.04 bits per heavy atom. The van der Waals surface area contributed by atoms with Gasteiger partial charge in [0.05, 0.1) is 7.11 Å². The van der Waals surface area contributed by atoms with Crippen LogP contribution in [0, 0.1) is 0 Å². The van der Waals surface area contributed by atoms with Gasteiger partial charge >= 0.3 is 0 Å². The second-order valence-corrected chi connectivity index (χ2v) is 5.67. The van der Waals surface area contributed by atoms with Crippen LogP contribution in [0.3, 0.4) is 0 Å². The summed E-state index contributed by atoms with van der Waals surface area (Å²) in [5.74, 6) is 0.608. The zero-order chi connectivity index (χ0) is 17.1. The Morgan fingerprint density at radius 3 is 2.79 bits per heavy atom. The summed E-state index contributed by atoms with van der Waals surface area (Å²) in [6.45, 7) is 2.62. The van der Waals surface area contributed by atoms with Gasteiger partial charge in [0, 0.05) is 29.9 Å². The van der Waals surface area contributed by atoms with Gasteiger partial charge in [0.2, 0.25) is 5.91 Å². The minimum atomic E-state index is -0.187. The number of fused-ring (bicyclic) bond motifs is 1. The molecule has 3 rings (SSSR count). The van der Waals surface area contributed by atoms with E-state index in [0.717, 1.165) is 16.9 Å². The van der Waals surface area contributed by atoms with E-state index in [1.165, 1.54) is 0 Å². The molecule has 0 atom stereocenters. The molecular weight excluding hydrogens is 304 g/mol. The van der Waals surface area contributed by atoms with Gasteiger partial charge in [0.25, 0.3) is 5.91 Å². The lowest BCUT2D eigenvalue weighted by Gasteiger charge is -2.28. The van der Waals surface area contributed by atoms with Crippen LogP contribution in [0.1, 0.15) is 29.3 Å². The molecule has 0 unspecified atom stereocenters. The topological polar surface area (TPSA) is 58.6 Å². The Labute approximate surface area is 141 Å². The summed E-state index contributed by atoms with van der Waals surface area (Å²) in [6, 6.07) is 12.7. The number of aryl methyl sites for hydroxylation is 1. The maximum Gasteiger partial charge on any atom is 0.255 e. The van der Waals surface area contributed by atoms with Gasteiger partial charge in [0.1, 0.15) is 5.75 Å².